The Morgan fingerprint density at radius 2 is 1.86 bits per heavy atom. The van der Waals surface area contributed by atoms with Crippen molar-refractivity contribution in [2.24, 2.45) is 0 Å². The van der Waals surface area contributed by atoms with Gasteiger partial charge in [0.15, 0.2) is 0 Å². The Bertz CT molecular complexity index is 1170. The van der Waals surface area contributed by atoms with Crippen molar-refractivity contribution in [2.45, 2.75) is 19.5 Å². The van der Waals surface area contributed by atoms with Gasteiger partial charge in [-0.25, -0.2) is 0 Å². The quantitative estimate of drug-likeness (QED) is 0.690. The largest absolute Gasteiger partial charge is 0.329 e. The smallest absolute Gasteiger partial charge is 0.316 e. The van der Waals surface area contributed by atoms with Crippen molar-refractivity contribution in [3.8, 4) is 0 Å². The van der Waals surface area contributed by atoms with Gasteiger partial charge in [-0.2, -0.15) is 0 Å². The van der Waals surface area contributed by atoms with Crippen LogP contribution in [0.1, 0.15) is 28.9 Å². The average molecular weight is 392 g/mol. The van der Waals surface area contributed by atoms with Crippen LogP contribution >= 0.6 is 0 Å². The van der Waals surface area contributed by atoms with Crippen molar-refractivity contribution in [3.63, 3.8) is 0 Å². The second kappa shape index (κ2) is 7.67. The van der Waals surface area contributed by atoms with E-state index in [0.717, 1.165) is 18.7 Å². The Morgan fingerprint density at radius 1 is 1.10 bits per heavy atom. The highest BCUT2D eigenvalue weighted by Gasteiger charge is 2.31. The molecule has 1 fully saturated rings. The molecule has 1 saturated heterocycles. The Kier molecular flexibility index (Phi) is 5.07. The van der Waals surface area contributed by atoms with Gasteiger partial charge in [-0.05, 0) is 37.7 Å². The van der Waals surface area contributed by atoms with Gasteiger partial charge in [0, 0.05) is 31.7 Å². The maximum absolute atomic E-state index is 13.4. The van der Waals surface area contributed by atoms with Gasteiger partial charge in [0.05, 0.1) is 17.1 Å². The van der Waals surface area contributed by atoms with Gasteiger partial charge in [0.2, 0.25) is 0 Å². The minimum atomic E-state index is -0.675. The van der Waals surface area contributed by atoms with Gasteiger partial charge >= 0.3 is 11.1 Å². The highest BCUT2D eigenvalue weighted by atomic mass is 16.2. The van der Waals surface area contributed by atoms with Gasteiger partial charge < -0.3 is 19.4 Å². The first kappa shape index (κ1) is 19.1. The lowest BCUT2D eigenvalue weighted by Crippen LogP contribution is -2.49. The van der Waals surface area contributed by atoms with E-state index in [9.17, 15) is 14.4 Å². The van der Waals surface area contributed by atoms with Gasteiger partial charge in [-0.3, -0.25) is 14.4 Å². The SMILES string of the molecule is CCn1c(=O)c(=O)[nH]c2cc(C(=O)N3CCN(C)CC3c3ccccc3)ccc21. The number of aromatic amines is 1. The monoisotopic (exact) mass is 392 g/mol. The van der Waals surface area contributed by atoms with Crippen LogP contribution in [0.4, 0.5) is 0 Å². The molecule has 4 rings (SSSR count). The third-order valence-electron chi connectivity index (χ3n) is 5.57. The van der Waals surface area contributed by atoms with E-state index in [2.05, 4.69) is 16.9 Å². The highest BCUT2D eigenvalue weighted by molar-refractivity contribution is 5.97. The molecule has 2 heterocycles. The molecule has 29 heavy (non-hydrogen) atoms. The number of H-pyrrole nitrogens is 1. The fraction of sp³-hybridized carbons (Fsp3) is 0.318. The first-order valence-corrected chi connectivity index (χ1v) is 9.81. The van der Waals surface area contributed by atoms with Crippen molar-refractivity contribution in [2.75, 3.05) is 26.7 Å². The minimum absolute atomic E-state index is 0.0400. The topological polar surface area (TPSA) is 78.4 Å². The third kappa shape index (κ3) is 3.49. The van der Waals surface area contributed by atoms with Gasteiger partial charge in [-0.15, -0.1) is 0 Å². The maximum atomic E-state index is 13.4. The molecule has 1 aliphatic heterocycles. The number of rotatable bonds is 3. The summed E-state index contributed by atoms with van der Waals surface area (Å²) in [5, 5.41) is 0. The predicted molar refractivity (Wildman–Crippen MR) is 112 cm³/mol. The number of aromatic nitrogens is 2. The molecule has 1 amide bonds. The number of hydrogen-bond acceptors (Lipinski definition) is 4. The molecular weight excluding hydrogens is 368 g/mol. The summed E-state index contributed by atoms with van der Waals surface area (Å²) in [4.78, 5) is 44.1. The predicted octanol–water partition coefficient (Wildman–Crippen LogP) is 1.84. The van der Waals surface area contributed by atoms with Crippen molar-refractivity contribution >= 4 is 16.9 Å². The number of piperazine rings is 1. The molecule has 1 N–H and O–H groups in total. The number of aryl methyl sites for hydroxylation is 1. The molecule has 0 bridgehead atoms. The van der Waals surface area contributed by atoms with Gasteiger partial charge in [0.25, 0.3) is 5.91 Å². The number of carbonyl (C=O) groups is 1. The maximum Gasteiger partial charge on any atom is 0.316 e. The van der Waals surface area contributed by atoms with Crippen LogP contribution in [0.25, 0.3) is 11.0 Å². The third-order valence-corrected chi connectivity index (χ3v) is 5.57. The summed E-state index contributed by atoms with van der Waals surface area (Å²) in [6.45, 7) is 4.39. The highest BCUT2D eigenvalue weighted by Crippen LogP contribution is 2.27. The molecule has 2 aromatic carbocycles. The molecule has 0 aliphatic carbocycles. The fourth-order valence-electron chi connectivity index (χ4n) is 4.02. The van der Waals surface area contributed by atoms with E-state index in [1.165, 1.54) is 4.57 Å². The van der Waals surface area contributed by atoms with Crippen molar-refractivity contribution in [1.29, 1.82) is 0 Å². The number of nitrogens with one attached hydrogen (secondary N) is 1. The number of nitrogens with zero attached hydrogens (tertiary/aromatic N) is 3. The van der Waals surface area contributed by atoms with E-state index in [0.29, 0.717) is 29.7 Å². The molecule has 0 saturated carbocycles. The van der Waals surface area contributed by atoms with Gasteiger partial charge in [0.1, 0.15) is 0 Å². The summed E-state index contributed by atoms with van der Waals surface area (Å²) < 4.78 is 1.42. The Morgan fingerprint density at radius 3 is 2.59 bits per heavy atom. The average Bonchev–Trinajstić information content (AvgIpc) is 2.74. The minimum Gasteiger partial charge on any atom is -0.329 e. The Balaban J connectivity index is 1.74. The van der Waals surface area contributed by atoms with Crippen molar-refractivity contribution in [3.05, 3.63) is 80.4 Å². The molecule has 7 heteroatoms. The number of amides is 1. The zero-order valence-corrected chi connectivity index (χ0v) is 16.6. The lowest BCUT2D eigenvalue weighted by atomic mass is 10.0. The van der Waals surface area contributed by atoms with Crippen molar-refractivity contribution in [1.82, 2.24) is 19.4 Å². The van der Waals surface area contributed by atoms with E-state index < -0.39 is 11.1 Å². The summed E-state index contributed by atoms with van der Waals surface area (Å²) in [6, 6.07) is 15.1. The Hall–Kier alpha value is -3.19. The molecule has 1 aromatic heterocycles. The first-order valence-electron chi connectivity index (χ1n) is 9.81. The zero-order chi connectivity index (χ0) is 20.5. The van der Waals surface area contributed by atoms with E-state index in [1.807, 2.05) is 42.2 Å². The molecular formula is C22H24N4O3. The lowest BCUT2D eigenvalue weighted by Gasteiger charge is -2.40. The van der Waals surface area contributed by atoms with Crippen LogP contribution < -0.4 is 11.1 Å². The van der Waals surface area contributed by atoms with E-state index >= 15 is 0 Å². The summed E-state index contributed by atoms with van der Waals surface area (Å²) >= 11 is 0. The number of likely N-dealkylation sites (N-methyl/N-ethyl adjacent to an activating group) is 1. The van der Waals surface area contributed by atoms with Crippen LogP contribution in [0.3, 0.4) is 0 Å². The number of hydrogen-bond donors (Lipinski definition) is 1. The number of benzene rings is 2. The molecule has 3 aromatic rings. The second-order valence-corrected chi connectivity index (χ2v) is 7.42. The lowest BCUT2D eigenvalue weighted by molar-refractivity contribution is 0.0498. The van der Waals surface area contributed by atoms with E-state index in [-0.39, 0.29) is 11.9 Å². The molecule has 150 valence electrons. The van der Waals surface area contributed by atoms with E-state index in [4.69, 9.17) is 0 Å². The number of fused-ring (bicyclic) bond motifs is 1. The van der Waals surface area contributed by atoms with Crippen LogP contribution in [-0.4, -0.2) is 51.9 Å². The molecule has 7 nitrogen and oxygen atoms in total. The molecule has 0 spiro atoms. The Labute approximate surface area is 168 Å². The normalized spacial score (nSPS) is 17.6. The molecule has 1 unspecified atom stereocenters. The molecule has 0 radical (unpaired) electrons. The zero-order valence-electron chi connectivity index (χ0n) is 16.6. The summed E-state index contributed by atoms with van der Waals surface area (Å²) in [5.41, 5.74) is 1.45. The summed E-state index contributed by atoms with van der Waals surface area (Å²) in [5.74, 6) is -0.0797. The van der Waals surface area contributed by atoms with Crippen LogP contribution in [0.15, 0.2) is 58.1 Å². The van der Waals surface area contributed by atoms with Gasteiger partial charge in [-0.1, -0.05) is 30.3 Å². The summed E-state index contributed by atoms with van der Waals surface area (Å²) in [6.07, 6.45) is 0. The van der Waals surface area contributed by atoms with Crippen LogP contribution in [0.5, 0.6) is 0 Å². The fourth-order valence-corrected chi connectivity index (χ4v) is 4.02. The molecule has 1 atom stereocenters. The number of carbonyl (C=O) groups excluding carboxylic acids is 1. The van der Waals surface area contributed by atoms with Crippen LogP contribution in [-0.2, 0) is 6.54 Å². The van der Waals surface area contributed by atoms with E-state index in [1.54, 1.807) is 18.2 Å². The second-order valence-electron chi connectivity index (χ2n) is 7.42. The first-order chi connectivity index (χ1) is 14.0. The summed E-state index contributed by atoms with van der Waals surface area (Å²) in [7, 11) is 2.06. The standard InChI is InChI=1S/C22H24N4O3/c1-3-25-18-10-9-16(13-17(18)23-20(27)22(25)29)21(28)26-12-11-24(2)14-19(26)15-7-5-4-6-8-15/h4-10,13,19H,3,11-12,14H2,1-2H3,(H,23,27). The van der Waals surface area contributed by atoms with Crippen molar-refractivity contribution < 1.29 is 4.79 Å². The van der Waals surface area contributed by atoms with Crippen LogP contribution in [0, 0.1) is 0 Å². The van der Waals surface area contributed by atoms with Crippen LogP contribution in [0.2, 0.25) is 0 Å². The molecule has 1 aliphatic rings.